The molecule has 1 rings (SSSR count). The molecule has 0 saturated heterocycles. The van der Waals surface area contributed by atoms with Crippen molar-refractivity contribution < 1.29 is 15.1 Å². The van der Waals surface area contributed by atoms with E-state index in [1.165, 1.54) is 0 Å². The molecule has 0 aromatic heterocycles. The van der Waals surface area contributed by atoms with Crippen molar-refractivity contribution in [3.63, 3.8) is 0 Å². The molecular formula is C6H5I2NO4Sn. The molecule has 0 bridgehead atoms. The summed E-state index contributed by atoms with van der Waals surface area (Å²) in [4.78, 5) is 9.42. The number of phenolic OH excluding ortho intramolecular Hbond substituents is 2. The summed E-state index contributed by atoms with van der Waals surface area (Å²) < 4.78 is 0. The molecule has 0 unspecified atom stereocenters. The van der Waals surface area contributed by atoms with E-state index in [2.05, 4.69) is 37.3 Å². The summed E-state index contributed by atoms with van der Waals surface area (Å²) in [6.45, 7) is 0. The summed E-state index contributed by atoms with van der Waals surface area (Å²) in [5, 5.41) is 27.6. The first-order chi connectivity index (χ1) is 6.52. The van der Waals surface area contributed by atoms with Crippen LogP contribution in [-0.2, 0) is 0 Å². The van der Waals surface area contributed by atoms with Crippen LogP contribution in [0.3, 0.4) is 0 Å². The maximum atomic E-state index is 10.1. The Kier molecular flexibility index (Phi) is 7.99. The minimum absolute atomic E-state index is 0.170. The van der Waals surface area contributed by atoms with Gasteiger partial charge in [-0.05, 0) is 6.07 Å². The van der Waals surface area contributed by atoms with Gasteiger partial charge in [0.25, 0.3) is 5.69 Å². The summed E-state index contributed by atoms with van der Waals surface area (Å²) in [6.07, 6.45) is 0. The summed E-state index contributed by atoms with van der Waals surface area (Å²) in [5.74, 6) is -0.852. The van der Waals surface area contributed by atoms with Gasteiger partial charge in [0.15, 0.2) is 11.5 Å². The number of nitro benzene ring substituents is 1. The molecule has 0 amide bonds. The van der Waals surface area contributed by atoms with Gasteiger partial charge in [-0.15, -0.1) is 0 Å². The van der Waals surface area contributed by atoms with Gasteiger partial charge in [0, 0.05) is 6.07 Å². The molecular weight excluding hydrogens is 523 g/mol. The zero-order valence-electron chi connectivity index (χ0n) is 6.65. The maximum absolute atomic E-state index is 10.1. The average Bonchev–Trinajstić information content (AvgIpc) is 2.10. The Morgan fingerprint density at radius 1 is 1.29 bits per heavy atom. The molecule has 8 heteroatoms. The van der Waals surface area contributed by atoms with Gasteiger partial charge < -0.3 is 10.2 Å². The van der Waals surface area contributed by atoms with E-state index < -0.39 is 10.7 Å². The second-order valence-corrected chi connectivity index (χ2v) is 23.5. The number of halogens is 2. The van der Waals surface area contributed by atoms with E-state index in [1.54, 1.807) is 0 Å². The number of hydrogen-bond donors (Lipinski definition) is 2. The van der Waals surface area contributed by atoms with Crippen molar-refractivity contribution in [2.24, 2.45) is 0 Å². The van der Waals surface area contributed by atoms with Gasteiger partial charge in [-0.1, -0.05) is 0 Å². The van der Waals surface area contributed by atoms with Crippen LogP contribution < -0.4 is 0 Å². The van der Waals surface area contributed by atoms with Gasteiger partial charge in [0.05, 0.1) is 11.0 Å². The molecule has 76 valence electrons. The topological polar surface area (TPSA) is 83.6 Å². The Morgan fingerprint density at radius 3 is 2.14 bits per heavy atom. The van der Waals surface area contributed by atoms with E-state index in [0.717, 1.165) is 18.2 Å². The number of phenols is 2. The van der Waals surface area contributed by atoms with Crippen molar-refractivity contribution in [1.82, 2.24) is 0 Å². The summed E-state index contributed by atoms with van der Waals surface area (Å²) in [5.41, 5.74) is -0.250. The fraction of sp³-hybridized carbons (Fsp3) is 0. The third-order valence-corrected chi connectivity index (χ3v) is 1.17. The number of benzene rings is 1. The van der Waals surface area contributed by atoms with E-state index in [9.17, 15) is 10.1 Å². The fourth-order valence-corrected chi connectivity index (χ4v) is 0.625. The Hall–Kier alpha value is 0.479. The number of rotatable bonds is 1. The van der Waals surface area contributed by atoms with Crippen LogP contribution in [0.15, 0.2) is 18.2 Å². The normalized spacial score (nSPS) is 8.71. The van der Waals surface area contributed by atoms with Crippen LogP contribution >= 0.6 is 37.3 Å². The zero-order chi connectivity index (χ0) is 11.1. The van der Waals surface area contributed by atoms with Gasteiger partial charge in [0.1, 0.15) is 0 Å². The van der Waals surface area contributed by atoms with Crippen molar-refractivity contribution >= 4 is 56.2 Å². The Morgan fingerprint density at radius 2 is 1.79 bits per heavy atom. The zero-order valence-corrected chi connectivity index (χ0v) is 13.8. The van der Waals surface area contributed by atoms with E-state index in [0.29, 0.717) is 0 Å². The molecule has 0 aliphatic carbocycles. The van der Waals surface area contributed by atoms with Gasteiger partial charge in [0.2, 0.25) is 0 Å². The number of aromatic hydroxyl groups is 2. The fourth-order valence-electron chi connectivity index (χ4n) is 0.625. The molecule has 0 fully saturated rings. The number of nitro groups is 1. The monoisotopic (exact) mass is 529 g/mol. The first-order valence-corrected chi connectivity index (χ1v) is 19.8. The van der Waals surface area contributed by atoms with Crippen LogP contribution in [0, 0.1) is 10.1 Å². The van der Waals surface area contributed by atoms with Crippen LogP contribution in [0.2, 0.25) is 0 Å². The second-order valence-electron chi connectivity index (χ2n) is 2.00. The van der Waals surface area contributed by atoms with Gasteiger partial charge in [-0.25, -0.2) is 0 Å². The Bertz CT molecular complexity index is 323. The van der Waals surface area contributed by atoms with Crippen LogP contribution in [-0.4, -0.2) is 28.3 Å². The predicted octanol–water partition coefficient (Wildman–Crippen LogP) is 2.40. The van der Waals surface area contributed by atoms with Crippen molar-refractivity contribution in [2.75, 3.05) is 0 Å². The van der Waals surface area contributed by atoms with Crippen molar-refractivity contribution in [3.8, 4) is 11.5 Å². The molecule has 0 heterocycles. The first-order valence-electron chi connectivity index (χ1n) is 3.15. The number of hydrogen-bond acceptors (Lipinski definition) is 4. The molecule has 14 heavy (non-hydrogen) atoms. The van der Waals surface area contributed by atoms with E-state index in [1.807, 2.05) is 0 Å². The van der Waals surface area contributed by atoms with Crippen molar-refractivity contribution in [1.29, 1.82) is 0 Å². The molecule has 1 aromatic rings. The van der Waals surface area contributed by atoms with Gasteiger partial charge >= 0.3 is 50.5 Å². The molecule has 2 radical (unpaired) electrons. The number of nitrogens with zero attached hydrogens (tertiary/aromatic N) is 1. The summed E-state index contributed by atoms with van der Waals surface area (Å²) >= 11 is 5.06. The third-order valence-electron chi connectivity index (χ3n) is 1.17. The average molecular weight is 528 g/mol. The Balaban J connectivity index is 0.000000500. The predicted molar refractivity (Wildman–Crippen MR) is 70.2 cm³/mol. The molecule has 2 N–H and O–H groups in total. The van der Waals surface area contributed by atoms with Crippen LogP contribution in [0.5, 0.6) is 11.5 Å². The standard InChI is InChI=1S/C6H5NO4.2HI.Sn/c8-5-2-1-4(7(10)11)3-6(5)9;;;/h1-3,8-9H;2*1H;/q;;;+2/p-2. The SMILES string of the molecule is O=[N+]([O-])c1ccc(O)c(O)c1.[I][Sn][I]. The molecule has 0 atom stereocenters. The van der Waals surface area contributed by atoms with E-state index in [-0.39, 0.29) is 24.6 Å². The minimum atomic E-state index is -0.654. The van der Waals surface area contributed by atoms with Crippen LogP contribution in [0.4, 0.5) is 5.69 Å². The molecule has 5 nitrogen and oxygen atoms in total. The summed E-state index contributed by atoms with van der Waals surface area (Å²) in [7, 11) is 0. The molecule has 0 aliphatic rings. The van der Waals surface area contributed by atoms with Crippen molar-refractivity contribution in [2.45, 2.75) is 0 Å². The van der Waals surface area contributed by atoms with E-state index >= 15 is 0 Å². The first kappa shape index (κ1) is 14.5. The summed E-state index contributed by atoms with van der Waals surface area (Å²) in [6, 6.07) is 3.05. The van der Waals surface area contributed by atoms with Crippen molar-refractivity contribution in [3.05, 3.63) is 28.3 Å². The Labute approximate surface area is 110 Å². The van der Waals surface area contributed by atoms with Crippen LogP contribution in [0.1, 0.15) is 0 Å². The second kappa shape index (κ2) is 7.73. The molecule has 1 aromatic carbocycles. The molecule has 0 aliphatic heterocycles. The van der Waals surface area contributed by atoms with Crippen LogP contribution in [0.25, 0.3) is 0 Å². The molecule has 0 saturated carbocycles. The number of non-ortho nitro benzene ring substituents is 1. The quantitative estimate of drug-likeness (QED) is 0.193. The molecule has 0 spiro atoms. The van der Waals surface area contributed by atoms with Gasteiger partial charge in [-0.3, -0.25) is 10.1 Å². The third kappa shape index (κ3) is 5.38. The van der Waals surface area contributed by atoms with Gasteiger partial charge in [-0.2, -0.15) is 0 Å². The van der Waals surface area contributed by atoms with E-state index in [4.69, 9.17) is 10.2 Å².